The summed E-state index contributed by atoms with van der Waals surface area (Å²) in [7, 11) is 3.80. The first kappa shape index (κ1) is 7.02. The van der Waals surface area contributed by atoms with Gasteiger partial charge in [-0.1, -0.05) is 5.16 Å². The first-order chi connectivity index (χ1) is 5.79. The topological polar surface area (TPSA) is 55.1 Å². The van der Waals surface area contributed by atoms with Gasteiger partial charge in [0, 0.05) is 14.1 Å². The smallest absolute Gasteiger partial charge is 0.278 e. The maximum atomic E-state index is 4.95. The monoisotopic (exact) mass is 164 g/mol. The molecule has 0 N–H and O–H groups in total. The van der Waals surface area contributed by atoms with E-state index in [-0.39, 0.29) is 0 Å². The van der Waals surface area contributed by atoms with E-state index in [0.29, 0.717) is 5.71 Å². The van der Waals surface area contributed by atoms with Crippen molar-refractivity contribution in [2.45, 2.75) is 0 Å². The van der Waals surface area contributed by atoms with Gasteiger partial charge in [0.15, 0.2) is 5.82 Å². The van der Waals surface area contributed by atoms with Crippen LogP contribution >= 0.6 is 0 Å². The van der Waals surface area contributed by atoms with Crippen molar-refractivity contribution in [1.82, 2.24) is 15.4 Å². The zero-order chi connectivity index (χ0) is 8.55. The Balaban J connectivity index is 2.70. The van der Waals surface area contributed by atoms with Crippen LogP contribution in [0.25, 0.3) is 11.1 Å². The van der Waals surface area contributed by atoms with Crippen LogP contribution < -0.4 is 4.90 Å². The van der Waals surface area contributed by atoms with Gasteiger partial charge in [0.05, 0.1) is 11.6 Å². The summed E-state index contributed by atoms with van der Waals surface area (Å²) in [6, 6.07) is 1.83. The van der Waals surface area contributed by atoms with E-state index in [1.807, 2.05) is 25.1 Å². The van der Waals surface area contributed by atoms with Gasteiger partial charge in [0.2, 0.25) is 0 Å². The number of aromatic nitrogens is 3. The zero-order valence-electron chi connectivity index (χ0n) is 6.85. The third kappa shape index (κ3) is 0.903. The van der Waals surface area contributed by atoms with Crippen LogP contribution in [0.1, 0.15) is 0 Å². The summed E-state index contributed by atoms with van der Waals surface area (Å²) in [6.45, 7) is 0. The van der Waals surface area contributed by atoms with Gasteiger partial charge in [-0.3, -0.25) is 0 Å². The second-order valence-corrected chi connectivity index (χ2v) is 2.65. The molecule has 0 bridgehead atoms. The lowest BCUT2D eigenvalue weighted by molar-refractivity contribution is 0.446. The molecular weight excluding hydrogens is 156 g/mol. The van der Waals surface area contributed by atoms with Crippen molar-refractivity contribution >= 4 is 16.9 Å². The minimum absolute atomic E-state index is 0.473. The molecule has 0 aliphatic carbocycles. The standard InChI is InChI=1S/C7H8N4O/c1-11(2)6-5-3-4-8-9-7(5)12-10-6/h3-4H,1-2H3. The number of nitrogens with zero attached hydrogens (tertiary/aromatic N) is 4. The zero-order valence-corrected chi connectivity index (χ0v) is 6.85. The lowest BCUT2D eigenvalue weighted by Gasteiger charge is -2.05. The Morgan fingerprint density at radius 1 is 1.42 bits per heavy atom. The number of rotatable bonds is 1. The molecule has 0 saturated heterocycles. The number of anilines is 1. The summed E-state index contributed by atoms with van der Waals surface area (Å²) >= 11 is 0. The molecule has 12 heavy (non-hydrogen) atoms. The molecule has 5 nitrogen and oxygen atoms in total. The Morgan fingerprint density at radius 2 is 2.25 bits per heavy atom. The predicted octanol–water partition coefficient (Wildman–Crippen LogP) is 0.684. The predicted molar refractivity (Wildman–Crippen MR) is 43.9 cm³/mol. The third-order valence-electron chi connectivity index (χ3n) is 1.57. The Kier molecular flexibility index (Phi) is 1.43. The molecule has 2 aromatic rings. The van der Waals surface area contributed by atoms with Crippen LogP contribution in [0.15, 0.2) is 16.8 Å². The van der Waals surface area contributed by atoms with Crippen LogP contribution in [0.4, 0.5) is 5.82 Å². The molecule has 0 atom stereocenters. The van der Waals surface area contributed by atoms with E-state index in [1.165, 1.54) is 0 Å². The lowest BCUT2D eigenvalue weighted by Crippen LogP contribution is -2.08. The highest BCUT2D eigenvalue weighted by molar-refractivity contribution is 5.84. The molecule has 0 amide bonds. The Bertz CT molecular complexity index is 395. The van der Waals surface area contributed by atoms with Crippen LogP contribution in [0.3, 0.4) is 0 Å². The van der Waals surface area contributed by atoms with Crippen molar-refractivity contribution in [3.63, 3.8) is 0 Å². The highest BCUT2D eigenvalue weighted by atomic mass is 16.5. The maximum absolute atomic E-state index is 4.95. The van der Waals surface area contributed by atoms with Crippen molar-refractivity contribution in [2.75, 3.05) is 19.0 Å². The fraction of sp³-hybridized carbons (Fsp3) is 0.286. The highest BCUT2D eigenvalue weighted by Crippen LogP contribution is 2.21. The number of fused-ring (bicyclic) bond motifs is 1. The molecule has 0 aliphatic heterocycles. The van der Waals surface area contributed by atoms with Crippen molar-refractivity contribution in [2.24, 2.45) is 0 Å². The highest BCUT2D eigenvalue weighted by Gasteiger charge is 2.09. The van der Waals surface area contributed by atoms with Crippen LogP contribution in [-0.2, 0) is 0 Å². The van der Waals surface area contributed by atoms with E-state index >= 15 is 0 Å². The molecule has 0 aromatic carbocycles. The number of hydrogen-bond acceptors (Lipinski definition) is 5. The summed E-state index contributed by atoms with van der Waals surface area (Å²) in [5.41, 5.74) is 0.473. The van der Waals surface area contributed by atoms with E-state index in [2.05, 4.69) is 15.4 Å². The normalized spacial score (nSPS) is 10.5. The van der Waals surface area contributed by atoms with Gasteiger partial charge in [-0.2, -0.15) is 5.10 Å². The van der Waals surface area contributed by atoms with Gasteiger partial charge < -0.3 is 9.42 Å². The van der Waals surface area contributed by atoms with E-state index < -0.39 is 0 Å². The van der Waals surface area contributed by atoms with Gasteiger partial charge in [0.1, 0.15) is 0 Å². The fourth-order valence-corrected chi connectivity index (χ4v) is 1.01. The lowest BCUT2D eigenvalue weighted by atomic mass is 10.3. The second kappa shape index (κ2) is 2.44. The Morgan fingerprint density at radius 3 is 3.00 bits per heavy atom. The molecule has 0 fully saturated rings. The largest absolute Gasteiger partial charge is 0.359 e. The van der Waals surface area contributed by atoms with Crippen LogP contribution in [0.2, 0.25) is 0 Å². The van der Waals surface area contributed by atoms with Crippen molar-refractivity contribution in [3.05, 3.63) is 12.3 Å². The number of hydrogen-bond donors (Lipinski definition) is 0. The molecule has 2 heterocycles. The van der Waals surface area contributed by atoms with Crippen molar-refractivity contribution in [3.8, 4) is 0 Å². The van der Waals surface area contributed by atoms with Crippen LogP contribution in [-0.4, -0.2) is 29.4 Å². The van der Waals surface area contributed by atoms with Crippen LogP contribution in [0.5, 0.6) is 0 Å². The second-order valence-electron chi connectivity index (χ2n) is 2.65. The molecule has 2 rings (SSSR count). The van der Waals surface area contributed by atoms with E-state index in [4.69, 9.17) is 4.52 Å². The first-order valence-electron chi connectivity index (χ1n) is 3.53. The minimum atomic E-state index is 0.473. The summed E-state index contributed by atoms with van der Waals surface area (Å²) in [6.07, 6.45) is 1.62. The van der Waals surface area contributed by atoms with Crippen LogP contribution in [0, 0.1) is 0 Å². The van der Waals surface area contributed by atoms with Gasteiger partial charge >= 0.3 is 0 Å². The van der Waals surface area contributed by atoms with Gasteiger partial charge in [-0.15, -0.1) is 5.10 Å². The molecular formula is C7H8N4O. The average Bonchev–Trinajstić information content (AvgIpc) is 2.47. The van der Waals surface area contributed by atoms with Crippen molar-refractivity contribution in [1.29, 1.82) is 0 Å². The van der Waals surface area contributed by atoms with Gasteiger partial charge in [0.25, 0.3) is 5.71 Å². The van der Waals surface area contributed by atoms with Gasteiger partial charge in [-0.25, -0.2) is 0 Å². The molecule has 0 aliphatic rings. The maximum Gasteiger partial charge on any atom is 0.278 e. The molecule has 5 heteroatoms. The summed E-state index contributed by atoms with van der Waals surface area (Å²) in [5.74, 6) is 0.778. The SMILES string of the molecule is CN(C)c1noc2nnccc12. The Labute approximate surface area is 69.0 Å². The quantitative estimate of drug-likeness (QED) is 0.620. The minimum Gasteiger partial charge on any atom is -0.359 e. The third-order valence-corrected chi connectivity index (χ3v) is 1.57. The van der Waals surface area contributed by atoms with Gasteiger partial charge in [-0.05, 0) is 6.07 Å². The molecule has 2 aromatic heterocycles. The summed E-state index contributed by atoms with van der Waals surface area (Å²) in [5, 5.41) is 12.2. The molecule has 0 spiro atoms. The summed E-state index contributed by atoms with van der Waals surface area (Å²) < 4.78 is 4.95. The van der Waals surface area contributed by atoms with E-state index in [9.17, 15) is 0 Å². The molecule has 0 unspecified atom stereocenters. The average molecular weight is 164 g/mol. The van der Waals surface area contributed by atoms with E-state index in [0.717, 1.165) is 11.2 Å². The Hall–Kier alpha value is -1.65. The van der Waals surface area contributed by atoms with Crippen molar-refractivity contribution < 1.29 is 4.52 Å². The fourth-order valence-electron chi connectivity index (χ4n) is 1.01. The molecule has 62 valence electrons. The molecule has 0 radical (unpaired) electrons. The van der Waals surface area contributed by atoms with E-state index in [1.54, 1.807) is 6.20 Å². The first-order valence-corrected chi connectivity index (χ1v) is 3.53. The molecule has 0 saturated carbocycles. The summed E-state index contributed by atoms with van der Waals surface area (Å²) in [4.78, 5) is 1.87.